The molecule has 1 aromatic carbocycles. The van der Waals surface area contributed by atoms with E-state index in [4.69, 9.17) is 5.73 Å². The van der Waals surface area contributed by atoms with E-state index in [-0.39, 0.29) is 5.56 Å². The number of hydrogen-bond acceptors (Lipinski definition) is 2. The van der Waals surface area contributed by atoms with Gasteiger partial charge in [-0.2, -0.15) is 13.2 Å². The molecule has 0 saturated carbocycles. The summed E-state index contributed by atoms with van der Waals surface area (Å²) < 4.78 is 40.9. The Morgan fingerprint density at radius 2 is 1.73 bits per heavy atom. The summed E-state index contributed by atoms with van der Waals surface area (Å²) in [6, 6.07) is 6.25. The number of carbonyl (C=O) groups excluding carboxylic acids is 1. The molecular weight excluding hydrogens is 359 g/mol. The van der Waals surface area contributed by atoms with Crippen LogP contribution in [0.15, 0.2) is 24.3 Å². The highest BCUT2D eigenvalue weighted by Crippen LogP contribution is 2.43. The topological polar surface area (TPSA) is 63.3 Å². The predicted molar refractivity (Wildman–Crippen MR) is 99.3 cm³/mol. The Balaban J connectivity index is 3.30. The minimum atomic E-state index is -4.85. The third-order valence-corrected chi connectivity index (χ3v) is 4.95. The number of halogens is 3. The molecule has 0 bridgehead atoms. The molecule has 1 rings (SSSR count). The van der Waals surface area contributed by atoms with Gasteiger partial charge >= 0.3 is 6.18 Å². The molecule has 1 atom stereocenters. The van der Waals surface area contributed by atoms with Gasteiger partial charge in [0.2, 0.25) is 5.91 Å². The summed E-state index contributed by atoms with van der Waals surface area (Å²) in [6.45, 7) is 8.86. The smallest absolute Gasteiger partial charge is 0.380 e. The molecule has 0 aliphatic rings. The number of primary amides is 1. The van der Waals surface area contributed by atoms with Crippen LogP contribution in [0, 0.1) is 11.5 Å². The van der Waals surface area contributed by atoms with Crippen LogP contribution >= 0.6 is 0 Å². The van der Waals surface area contributed by atoms with E-state index < -0.39 is 44.0 Å². The van der Waals surface area contributed by atoms with E-state index in [1.807, 2.05) is 19.6 Å². The van der Waals surface area contributed by atoms with Gasteiger partial charge in [-0.1, -0.05) is 51.7 Å². The number of rotatable bonds is 5. The molecule has 0 radical (unpaired) electrons. The van der Waals surface area contributed by atoms with Crippen molar-refractivity contribution in [2.24, 2.45) is 5.73 Å². The SMILES string of the molecule is CC(C)(C[C@@](O)(CC#C[Si](C)(C)C)C(F)(F)F)c1ccccc1C(N)=O. The molecule has 7 heteroatoms. The van der Waals surface area contributed by atoms with Crippen LogP contribution in [0.2, 0.25) is 19.6 Å². The molecule has 144 valence electrons. The number of nitrogens with two attached hydrogens (primary N) is 1. The van der Waals surface area contributed by atoms with E-state index >= 15 is 0 Å². The Hall–Kier alpha value is -1.78. The van der Waals surface area contributed by atoms with Gasteiger partial charge in [-0.05, 0) is 23.5 Å². The van der Waals surface area contributed by atoms with Gasteiger partial charge < -0.3 is 10.8 Å². The van der Waals surface area contributed by atoms with E-state index in [2.05, 4.69) is 11.5 Å². The third kappa shape index (κ3) is 5.61. The maximum absolute atomic E-state index is 13.6. The summed E-state index contributed by atoms with van der Waals surface area (Å²) in [7, 11) is -1.86. The number of carbonyl (C=O) groups is 1. The number of benzene rings is 1. The maximum atomic E-state index is 13.6. The highest BCUT2D eigenvalue weighted by molar-refractivity contribution is 6.83. The fraction of sp³-hybridized carbons (Fsp3) is 0.526. The van der Waals surface area contributed by atoms with Crippen molar-refractivity contribution in [1.29, 1.82) is 0 Å². The first-order chi connectivity index (χ1) is 11.6. The Morgan fingerprint density at radius 3 is 2.19 bits per heavy atom. The van der Waals surface area contributed by atoms with Gasteiger partial charge in [-0.25, -0.2) is 0 Å². The van der Waals surface area contributed by atoms with Crippen molar-refractivity contribution in [3.8, 4) is 11.5 Å². The summed E-state index contributed by atoms with van der Waals surface area (Å²) in [5, 5.41) is 10.4. The van der Waals surface area contributed by atoms with Crippen LogP contribution in [-0.4, -0.2) is 30.9 Å². The minimum absolute atomic E-state index is 0.148. The second-order valence-corrected chi connectivity index (χ2v) is 13.0. The van der Waals surface area contributed by atoms with Crippen molar-refractivity contribution in [1.82, 2.24) is 0 Å². The number of aliphatic hydroxyl groups is 1. The van der Waals surface area contributed by atoms with E-state index in [0.29, 0.717) is 5.56 Å². The first-order valence-corrected chi connectivity index (χ1v) is 11.8. The third-order valence-electron chi connectivity index (χ3n) is 4.03. The zero-order valence-corrected chi connectivity index (χ0v) is 16.8. The number of amides is 1. The van der Waals surface area contributed by atoms with Crippen LogP contribution < -0.4 is 5.73 Å². The van der Waals surface area contributed by atoms with Crippen LogP contribution in [-0.2, 0) is 5.41 Å². The van der Waals surface area contributed by atoms with Crippen LogP contribution in [0.5, 0.6) is 0 Å². The molecule has 0 heterocycles. The van der Waals surface area contributed by atoms with Crippen LogP contribution in [0.4, 0.5) is 13.2 Å². The molecule has 0 unspecified atom stereocenters. The second-order valence-electron chi connectivity index (χ2n) is 8.23. The largest absolute Gasteiger partial charge is 0.418 e. The quantitative estimate of drug-likeness (QED) is 0.594. The molecule has 1 aromatic rings. The van der Waals surface area contributed by atoms with E-state index in [1.54, 1.807) is 32.0 Å². The lowest BCUT2D eigenvalue weighted by Gasteiger charge is -2.37. The zero-order chi connectivity index (χ0) is 20.4. The molecule has 0 spiro atoms. The number of alkyl halides is 3. The number of hydrogen-bond donors (Lipinski definition) is 2. The Kier molecular flexibility index (Phi) is 6.38. The summed E-state index contributed by atoms with van der Waals surface area (Å²) in [5.74, 6) is 1.81. The fourth-order valence-electron chi connectivity index (χ4n) is 2.83. The highest BCUT2D eigenvalue weighted by atomic mass is 28.3. The lowest BCUT2D eigenvalue weighted by Crippen LogP contribution is -2.49. The van der Waals surface area contributed by atoms with E-state index in [1.165, 1.54) is 6.07 Å². The van der Waals surface area contributed by atoms with Gasteiger partial charge in [-0.15, -0.1) is 11.5 Å². The lowest BCUT2D eigenvalue weighted by atomic mass is 9.72. The average molecular weight is 386 g/mol. The molecule has 0 saturated heterocycles. The molecule has 0 aliphatic carbocycles. The van der Waals surface area contributed by atoms with Crippen molar-refractivity contribution in [3.63, 3.8) is 0 Å². The Labute approximate surface area is 153 Å². The molecule has 1 amide bonds. The molecule has 0 aromatic heterocycles. The van der Waals surface area contributed by atoms with Crippen molar-refractivity contribution < 1.29 is 23.1 Å². The summed E-state index contributed by atoms with van der Waals surface area (Å²) >= 11 is 0. The van der Waals surface area contributed by atoms with Crippen molar-refractivity contribution in [2.45, 2.75) is 63.5 Å². The van der Waals surface area contributed by atoms with Gasteiger partial charge in [0.1, 0.15) is 8.07 Å². The Bertz CT molecular complexity index is 727. The van der Waals surface area contributed by atoms with E-state index in [0.717, 1.165) is 0 Å². The maximum Gasteiger partial charge on any atom is 0.418 e. The normalized spacial score (nSPS) is 15.0. The summed E-state index contributed by atoms with van der Waals surface area (Å²) in [4.78, 5) is 11.6. The Morgan fingerprint density at radius 1 is 1.19 bits per heavy atom. The second kappa shape index (κ2) is 7.45. The fourth-order valence-corrected chi connectivity index (χ4v) is 3.45. The minimum Gasteiger partial charge on any atom is -0.380 e. The molecule has 0 aliphatic heterocycles. The van der Waals surface area contributed by atoms with Gasteiger partial charge in [0, 0.05) is 12.0 Å². The van der Waals surface area contributed by atoms with Gasteiger partial charge in [0.05, 0.1) is 0 Å². The van der Waals surface area contributed by atoms with Crippen LogP contribution in [0.1, 0.15) is 42.6 Å². The highest BCUT2D eigenvalue weighted by Gasteiger charge is 2.55. The molecule has 3 nitrogen and oxygen atoms in total. The molecular formula is C19H26F3NO2Si. The monoisotopic (exact) mass is 385 g/mol. The zero-order valence-electron chi connectivity index (χ0n) is 15.8. The lowest BCUT2D eigenvalue weighted by molar-refractivity contribution is -0.264. The van der Waals surface area contributed by atoms with Gasteiger partial charge in [0.15, 0.2) is 5.60 Å². The van der Waals surface area contributed by atoms with Crippen molar-refractivity contribution in [3.05, 3.63) is 35.4 Å². The standard InChI is InChI=1S/C19H26F3NO2Si/c1-17(2,15-10-7-6-9-14(15)16(23)24)13-18(25,19(20,21)22)11-8-12-26(3,4)5/h6-7,9-10,25H,11,13H2,1-5H3,(H2,23,24)/t18-/m0/s1. The summed E-state index contributed by atoms with van der Waals surface area (Å²) in [6.07, 6.45) is -6.18. The van der Waals surface area contributed by atoms with Gasteiger partial charge in [-0.3, -0.25) is 4.79 Å². The molecule has 0 fully saturated rings. The van der Waals surface area contributed by atoms with E-state index in [9.17, 15) is 23.1 Å². The predicted octanol–water partition coefficient (Wildman–Crippen LogP) is 4.02. The van der Waals surface area contributed by atoms with Crippen LogP contribution in [0.25, 0.3) is 0 Å². The first kappa shape index (κ1) is 22.3. The van der Waals surface area contributed by atoms with Crippen molar-refractivity contribution in [2.75, 3.05) is 0 Å². The van der Waals surface area contributed by atoms with Gasteiger partial charge in [0.25, 0.3) is 0 Å². The first-order valence-electron chi connectivity index (χ1n) is 8.27. The average Bonchev–Trinajstić information content (AvgIpc) is 2.44. The van der Waals surface area contributed by atoms with Crippen molar-refractivity contribution >= 4 is 14.0 Å². The summed E-state index contributed by atoms with van der Waals surface area (Å²) in [5.41, 5.74) is 4.60. The molecule has 3 N–H and O–H groups in total. The molecule has 26 heavy (non-hydrogen) atoms. The van der Waals surface area contributed by atoms with Crippen LogP contribution in [0.3, 0.4) is 0 Å².